The molecule has 0 radical (unpaired) electrons. The molecule has 1 aromatic carbocycles. The van der Waals surface area contributed by atoms with E-state index in [0.29, 0.717) is 42.4 Å². The number of nitrogen functional groups attached to an aromatic ring is 1. The number of anilines is 1. The lowest BCUT2D eigenvalue weighted by Gasteiger charge is -2.12. The highest BCUT2D eigenvalue weighted by molar-refractivity contribution is 5.98. The lowest BCUT2D eigenvalue weighted by molar-refractivity contribution is 0.0950. The van der Waals surface area contributed by atoms with Crippen molar-refractivity contribution in [2.75, 3.05) is 18.9 Å². The number of benzene rings is 1. The third-order valence-electron chi connectivity index (χ3n) is 2.86. The van der Waals surface area contributed by atoms with Crippen molar-refractivity contribution in [2.24, 2.45) is 7.05 Å². The minimum absolute atomic E-state index is 0.221. The number of ether oxygens (including phenoxy) is 1. The lowest BCUT2D eigenvalue weighted by atomic mass is 10.1. The summed E-state index contributed by atoms with van der Waals surface area (Å²) in [7, 11) is 1.80. The number of amides is 1. The van der Waals surface area contributed by atoms with Crippen LogP contribution in [-0.2, 0) is 13.5 Å². The van der Waals surface area contributed by atoms with Gasteiger partial charge in [-0.25, -0.2) is 4.98 Å². The number of nitrogens with one attached hydrogen (secondary N) is 1. The van der Waals surface area contributed by atoms with Gasteiger partial charge in [-0.05, 0) is 19.1 Å². The Morgan fingerprint density at radius 3 is 2.95 bits per heavy atom. The number of rotatable bonds is 6. The smallest absolute Gasteiger partial charge is 0.255 e. The Morgan fingerprint density at radius 1 is 1.48 bits per heavy atom. The quantitative estimate of drug-likeness (QED) is 0.766. The summed E-state index contributed by atoms with van der Waals surface area (Å²) in [4.78, 5) is 16.3. The molecule has 1 heterocycles. The topological polar surface area (TPSA) is 95.1 Å². The number of aromatic nitrogens is 3. The minimum atomic E-state index is -0.221. The molecule has 2 aromatic rings. The van der Waals surface area contributed by atoms with E-state index in [2.05, 4.69) is 15.4 Å². The Hall–Kier alpha value is -2.57. The van der Waals surface area contributed by atoms with Crippen LogP contribution in [0.15, 0.2) is 24.5 Å². The van der Waals surface area contributed by atoms with Gasteiger partial charge in [-0.2, -0.15) is 5.10 Å². The maximum atomic E-state index is 12.2. The molecule has 0 unspecified atom stereocenters. The molecule has 112 valence electrons. The Bertz CT molecular complexity index is 624. The summed E-state index contributed by atoms with van der Waals surface area (Å²) in [5.41, 5.74) is 6.73. The number of nitrogens with zero attached hydrogens (tertiary/aromatic N) is 3. The summed E-state index contributed by atoms with van der Waals surface area (Å²) in [6, 6.07) is 5.13. The van der Waals surface area contributed by atoms with Crippen molar-refractivity contribution in [3.05, 3.63) is 35.9 Å². The van der Waals surface area contributed by atoms with Gasteiger partial charge in [0.25, 0.3) is 5.91 Å². The molecule has 0 spiro atoms. The fraction of sp³-hybridized carbons (Fsp3) is 0.357. The first-order chi connectivity index (χ1) is 10.1. The van der Waals surface area contributed by atoms with E-state index < -0.39 is 0 Å². The molecule has 1 aromatic heterocycles. The summed E-state index contributed by atoms with van der Waals surface area (Å²) in [6.07, 6.45) is 2.20. The average molecular weight is 289 g/mol. The molecule has 0 atom stereocenters. The van der Waals surface area contributed by atoms with Crippen molar-refractivity contribution in [3.63, 3.8) is 0 Å². The lowest BCUT2D eigenvalue weighted by Crippen LogP contribution is -2.26. The van der Waals surface area contributed by atoms with Crippen LogP contribution in [0.4, 0.5) is 5.69 Å². The van der Waals surface area contributed by atoms with Crippen LogP contribution in [-0.4, -0.2) is 33.8 Å². The maximum absolute atomic E-state index is 12.2. The van der Waals surface area contributed by atoms with Gasteiger partial charge in [0.15, 0.2) is 11.6 Å². The molecule has 0 aliphatic carbocycles. The number of nitrogens with two attached hydrogens (primary N) is 1. The first kappa shape index (κ1) is 14.8. The van der Waals surface area contributed by atoms with Gasteiger partial charge in [-0.1, -0.05) is 6.07 Å². The van der Waals surface area contributed by atoms with Crippen LogP contribution < -0.4 is 15.8 Å². The third-order valence-corrected chi connectivity index (χ3v) is 2.86. The first-order valence-corrected chi connectivity index (χ1v) is 6.75. The highest BCUT2D eigenvalue weighted by atomic mass is 16.5. The normalized spacial score (nSPS) is 10.4. The van der Waals surface area contributed by atoms with Crippen LogP contribution in [0.25, 0.3) is 0 Å². The summed E-state index contributed by atoms with van der Waals surface area (Å²) < 4.78 is 7.07. The van der Waals surface area contributed by atoms with Crippen LogP contribution in [0.3, 0.4) is 0 Å². The van der Waals surface area contributed by atoms with Gasteiger partial charge in [0.2, 0.25) is 0 Å². The monoisotopic (exact) mass is 289 g/mol. The maximum Gasteiger partial charge on any atom is 0.255 e. The van der Waals surface area contributed by atoms with Crippen molar-refractivity contribution in [3.8, 4) is 5.75 Å². The zero-order valence-corrected chi connectivity index (χ0v) is 12.2. The van der Waals surface area contributed by atoms with E-state index in [1.807, 2.05) is 6.92 Å². The van der Waals surface area contributed by atoms with Gasteiger partial charge in [0.1, 0.15) is 6.33 Å². The molecule has 0 saturated carbocycles. The number of carbonyl (C=O) groups excluding carboxylic acids is 1. The fourth-order valence-corrected chi connectivity index (χ4v) is 1.92. The van der Waals surface area contributed by atoms with Gasteiger partial charge >= 0.3 is 0 Å². The van der Waals surface area contributed by atoms with Crippen molar-refractivity contribution in [2.45, 2.75) is 13.3 Å². The van der Waals surface area contributed by atoms with E-state index in [-0.39, 0.29) is 5.91 Å². The van der Waals surface area contributed by atoms with E-state index in [0.717, 1.165) is 0 Å². The van der Waals surface area contributed by atoms with E-state index >= 15 is 0 Å². The van der Waals surface area contributed by atoms with Gasteiger partial charge in [0, 0.05) is 20.0 Å². The molecule has 7 nitrogen and oxygen atoms in total. The molecule has 0 bridgehead atoms. The van der Waals surface area contributed by atoms with Crippen LogP contribution in [0, 0.1) is 0 Å². The molecular weight excluding hydrogens is 270 g/mol. The highest BCUT2D eigenvalue weighted by Gasteiger charge is 2.14. The summed E-state index contributed by atoms with van der Waals surface area (Å²) in [6.45, 7) is 2.75. The first-order valence-electron chi connectivity index (χ1n) is 6.75. The Morgan fingerprint density at radius 2 is 2.29 bits per heavy atom. The van der Waals surface area contributed by atoms with Crippen LogP contribution in [0.2, 0.25) is 0 Å². The summed E-state index contributed by atoms with van der Waals surface area (Å²) in [5, 5.41) is 6.97. The Balaban J connectivity index is 1.98. The second-order valence-electron chi connectivity index (χ2n) is 4.50. The van der Waals surface area contributed by atoms with E-state index in [9.17, 15) is 4.79 Å². The van der Waals surface area contributed by atoms with E-state index in [1.165, 1.54) is 0 Å². The van der Waals surface area contributed by atoms with Crippen LogP contribution in [0.5, 0.6) is 5.75 Å². The zero-order chi connectivity index (χ0) is 15.2. The number of aryl methyl sites for hydroxylation is 1. The number of hydrogen-bond donors (Lipinski definition) is 2. The predicted molar refractivity (Wildman–Crippen MR) is 79.1 cm³/mol. The van der Waals surface area contributed by atoms with Crippen molar-refractivity contribution < 1.29 is 9.53 Å². The molecule has 3 N–H and O–H groups in total. The molecule has 1 amide bonds. The summed E-state index contributed by atoms with van der Waals surface area (Å²) in [5.74, 6) is 0.894. The molecular formula is C14H19N5O2. The van der Waals surface area contributed by atoms with Crippen LogP contribution in [0.1, 0.15) is 23.1 Å². The molecule has 0 fully saturated rings. The minimum Gasteiger partial charge on any atom is -0.491 e. The molecule has 0 saturated heterocycles. The third kappa shape index (κ3) is 3.71. The highest BCUT2D eigenvalue weighted by Crippen LogP contribution is 2.26. The Labute approximate surface area is 123 Å². The molecule has 2 rings (SSSR count). The van der Waals surface area contributed by atoms with Gasteiger partial charge in [-0.15, -0.1) is 0 Å². The number of carbonyl (C=O) groups is 1. The fourth-order valence-electron chi connectivity index (χ4n) is 1.92. The van der Waals surface area contributed by atoms with Gasteiger partial charge in [-0.3, -0.25) is 9.48 Å². The van der Waals surface area contributed by atoms with Crippen molar-refractivity contribution >= 4 is 11.6 Å². The van der Waals surface area contributed by atoms with E-state index in [4.69, 9.17) is 10.5 Å². The molecule has 21 heavy (non-hydrogen) atoms. The molecule has 0 aliphatic rings. The van der Waals surface area contributed by atoms with Crippen molar-refractivity contribution in [1.29, 1.82) is 0 Å². The number of hydrogen-bond acceptors (Lipinski definition) is 5. The summed E-state index contributed by atoms with van der Waals surface area (Å²) >= 11 is 0. The predicted octanol–water partition coefficient (Wildman–Crippen LogP) is 0.768. The van der Waals surface area contributed by atoms with Gasteiger partial charge < -0.3 is 15.8 Å². The molecule has 7 heteroatoms. The standard InChI is InChI=1S/C14H19N5O2/c1-3-21-13-10(5-4-6-11(13)15)14(20)16-8-7-12-17-9-19(2)18-12/h4-6,9H,3,7-8,15H2,1-2H3,(H,16,20). The van der Waals surface area contributed by atoms with Crippen LogP contribution >= 0.6 is 0 Å². The number of para-hydroxylation sites is 1. The largest absolute Gasteiger partial charge is 0.491 e. The van der Waals surface area contributed by atoms with Crippen molar-refractivity contribution in [1.82, 2.24) is 20.1 Å². The average Bonchev–Trinajstić information content (AvgIpc) is 2.87. The SMILES string of the molecule is CCOc1c(N)cccc1C(=O)NCCc1ncn(C)n1. The second-order valence-corrected chi connectivity index (χ2v) is 4.50. The molecule has 0 aliphatic heterocycles. The van der Waals surface area contributed by atoms with Gasteiger partial charge in [0.05, 0.1) is 17.9 Å². The van der Waals surface area contributed by atoms with E-state index in [1.54, 1.807) is 36.3 Å². The zero-order valence-electron chi connectivity index (χ0n) is 12.2. The Kier molecular flexibility index (Phi) is 4.76. The second kappa shape index (κ2) is 6.74.